The summed E-state index contributed by atoms with van der Waals surface area (Å²) in [5.41, 5.74) is 0.885. The van der Waals surface area contributed by atoms with Gasteiger partial charge in [0.15, 0.2) is 5.75 Å². The van der Waals surface area contributed by atoms with Crippen LogP contribution >= 0.6 is 0 Å². The number of aryl methyl sites for hydroxylation is 1. The van der Waals surface area contributed by atoms with Gasteiger partial charge in [0.05, 0.1) is 13.3 Å². The first-order valence-electron chi connectivity index (χ1n) is 6.39. The number of aliphatic hydroxyl groups is 1. The zero-order valence-corrected chi connectivity index (χ0v) is 11.7. The Morgan fingerprint density at radius 1 is 1.38 bits per heavy atom. The van der Waals surface area contributed by atoms with Gasteiger partial charge in [-0.05, 0) is 24.6 Å². The van der Waals surface area contributed by atoms with E-state index in [9.17, 15) is 13.9 Å². The molecule has 1 aromatic heterocycles. The van der Waals surface area contributed by atoms with E-state index in [0.717, 1.165) is 0 Å². The number of aliphatic hydroxyl groups excluding tert-OH is 1. The van der Waals surface area contributed by atoms with Crippen LogP contribution in [0.15, 0.2) is 30.5 Å². The molecule has 0 radical (unpaired) electrons. The summed E-state index contributed by atoms with van der Waals surface area (Å²) in [5, 5.41) is 14.6. The summed E-state index contributed by atoms with van der Waals surface area (Å²) in [4.78, 5) is 0. The quantitative estimate of drug-likeness (QED) is 0.890. The summed E-state index contributed by atoms with van der Waals surface area (Å²) < 4.78 is 35.6. The Hall–Kier alpha value is -2.15. The van der Waals surface area contributed by atoms with Crippen molar-refractivity contribution in [2.75, 3.05) is 7.11 Å². The minimum absolute atomic E-state index is 0.0110. The number of benzene rings is 1. The van der Waals surface area contributed by atoms with E-state index in [4.69, 9.17) is 4.74 Å². The zero-order valence-electron chi connectivity index (χ0n) is 11.7. The molecule has 1 unspecified atom stereocenters. The maximum atomic E-state index is 12.2. The number of aromatic nitrogens is 2. The minimum atomic E-state index is -2.91. The molecule has 7 heteroatoms. The van der Waals surface area contributed by atoms with Crippen molar-refractivity contribution in [1.82, 2.24) is 9.78 Å². The van der Waals surface area contributed by atoms with E-state index < -0.39 is 12.7 Å². The molecule has 1 heterocycles. The second-order valence-electron chi connectivity index (χ2n) is 4.27. The summed E-state index contributed by atoms with van der Waals surface area (Å²) in [6, 6.07) is 5.92. The molecule has 0 spiro atoms. The highest BCUT2D eigenvalue weighted by Gasteiger charge is 2.21. The highest BCUT2D eigenvalue weighted by molar-refractivity contribution is 5.38. The third-order valence-electron chi connectivity index (χ3n) is 3.02. The van der Waals surface area contributed by atoms with E-state index in [0.29, 0.717) is 23.6 Å². The van der Waals surface area contributed by atoms with Crippen molar-refractivity contribution < 1.29 is 23.4 Å². The number of methoxy groups -OCH3 is 1. The first-order valence-corrected chi connectivity index (χ1v) is 6.39. The van der Waals surface area contributed by atoms with Crippen molar-refractivity contribution in [2.24, 2.45) is 0 Å². The van der Waals surface area contributed by atoms with E-state index in [1.807, 2.05) is 6.92 Å². The van der Waals surface area contributed by atoms with Crippen molar-refractivity contribution in [2.45, 2.75) is 26.2 Å². The third kappa shape index (κ3) is 3.30. The maximum Gasteiger partial charge on any atom is 0.387 e. The Labute approximate surface area is 120 Å². The van der Waals surface area contributed by atoms with Gasteiger partial charge in [-0.2, -0.15) is 13.9 Å². The van der Waals surface area contributed by atoms with Crippen LogP contribution in [-0.2, 0) is 6.54 Å². The van der Waals surface area contributed by atoms with Gasteiger partial charge in [-0.1, -0.05) is 12.1 Å². The van der Waals surface area contributed by atoms with Gasteiger partial charge in [-0.3, -0.25) is 4.68 Å². The van der Waals surface area contributed by atoms with Gasteiger partial charge in [0.2, 0.25) is 0 Å². The number of hydrogen-bond donors (Lipinski definition) is 1. The van der Waals surface area contributed by atoms with Crippen LogP contribution in [0, 0.1) is 0 Å². The van der Waals surface area contributed by atoms with Crippen LogP contribution in [-0.4, -0.2) is 28.6 Å². The Kier molecular flexibility index (Phi) is 4.74. The van der Waals surface area contributed by atoms with Crippen molar-refractivity contribution in [3.05, 3.63) is 41.7 Å². The molecule has 1 N–H and O–H groups in total. The summed E-state index contributed by atoms with van der Waals surface area (Å²) in [7, 11) is 1.48. The molecule has 114 valence electrons. The Balaban J connectivity index is 2.35. The van der Waals surface area contributed by atoms with Crippen LogP contribution in [0.2, 0.25) is 0 Å². The number of ether oxygens (including phenoxy) is 2. The van der Waals surface area contributed by atoms with Gasteiger partial charge in [-0.15, -0.1) is 0 Å². The fourth-order valence-corrected chi connectivity index (χ4v) is 2.08. The summed E-state index contributed by atoms with van der Waals surface area (Å²) in [6.07, 6.45) is 0.449. The van der Waals surface area contributed by atoms with E-state index in [1.165, 1.54) is 31.5 Å². The van der Waals surface area contributed by atoms with Crippen LogP contribution in [0.1, 0.15) is 24.3 Å². The van der Waals surface area contributed by atoms with E-state index in [-0.39, 0.29) is 5.75 Å². The average molecular weight is 298 g/mol. The number of alkyl halides is 2. The van der Waals surface area contributed by atoms with Crippen molar-refractivity contribution in [3.8, 4) is 11.5 Å². The van der Waals surface area contributed by atoms with Crippen LogP contribution in [0.3, 0.4) is 0 Å². The SMILES string of the molecule is CCn1ncc(OC)c1C(O)c1cccc(OC(F)F)c1. The van der Waals surface area contributed by atoms with E-state index in [2.05, 4.69) is 9.84 Å². The predicted octanol–water partition coefficient (Wildman–Crippen LogP) is 2.59. The number of halogens is 2. The lowest BCUT2D eigenvalue weighted by Crippen LogP contribution is -2.10. The van der Waals surface area contributed by atoms with Gasteiger partial charge in [0.25, 0.3) is 0 Å². The van der Waals surface area contributed by atoms with Crippen LogP contribution in [0.4, 0.5) is 8.78 Å². The maximum absolute atomic E-state index is 12.2. The van der Waals surface area contributed by atoms with Gasteiger partial charge < -0.3 is 14.6 Å². The lowest BCUT2D eigenvalue weighted by Gasteiger charge is -2.15. The molecular weight excluding hydrogens is 282 g/mol. The molecule has 0 bridgehead atoms. The van der Waals surface area contributed by atoms with Gasteiger partial charge in [0, 0.05) is 6.54 Å². The van der Waals surface area contributed by atoms with Crippen LogP contribution < -0.4 is 9.47 Å². The molecule has 1 atom stereocenters. The Bertz CT molecular complexity index is 580. The minimum Gasteiger partial charge on any atom is -0.493 e. The fraction of sp³-hybridized carbons (Fsp3) is 0.357. The first kappa shape index (κ1) is 15.2. The molecule has 0 fully saturated rings. The molecule has 0 aliphatic carbocycles. The zero-order chi connectivity index (χ0) is 15.4. The third-order valence-corrected chi connectivity index (χ3v) is 3.02. The molecule has 21 heavy (non-hydrogen) atoms. The average Bonchev–Trinajstić information content (AvgIpc) is 2.89. The van der Waals surface area contributed by atoms with E-state index in [1.54, 1.807) is 10.7 Å². The largest absolute Gasteiger partial charge is 0.493 e. The van der Waals surface area contributed by atoms with Crippen molar-refractivity contribution in [1.29, 1.82) is 0 Å². The Morgan fingerprint density at radius 2 is 2.14 bits per heavy atom. The molecule has 0 amide bonds. The molecule has 0 aliphatic rings. The second kappa shape index (κ2) is 6.53. The molecule has 2 rings (SSSR count). The highest BCUT2D eigenvalue weighted by Crippen LogP contribution is 2.31. The number of hydrogen-bond acceptors (Lipinski definition) is 4. The van der Waals surface area contributed by atoms with Crippen LogP contribution in [0.5, 0.6) is 11.5 Å². The molecule has 0 saturated heterocycles. The molecule has 0 aliphatic heterocycles. The molecule has 2 aromatic rings. The van der Waals surface area contributed by atoms with Crippen molar-refractivity contribution in [3.63, 3.8) is 0 Å². The Morgan fingerprint density at radius 3 is 2.76 bits per heavy atom. The van der Waals surface area contributed by atoms with E-state index >= 15 is 0 Å². The van der Waals surface area contributed by atoms with Gasteiger partial charge in [-0.25, -0.2) is 0 Å². The predicted molar refractivity (Wildman–Crippen MR) is 71.6 cm³/mol. The smallest absolute Gasteiger partial charge is 0.387 e. The van der Waals surface area contributed by atoms with Crippen LogP contribution in [0.25, 0.3) is 0 Å². The summed E-state index contributed by atoms with van der Waals surface area (Å²) in [5.74, 6) is 0.424. The second-order valence-corrected chi connectivity index (χ2v) is 4.27. The standard InChI is InChI=1S/C14H16F2N2O3/c1-3-18-12(11(20-2)8-17-18)13(19)9-5-4-6-10(7-9)21-14(15)16/h4-8,13-14,19H,3H2,1-2H3. The summed E-state index contributed by atoms with van der Waals surface area (Å²) >= 11 is 0. The molecular formula is C14H16F2N2O3. The lowest BCUT2D eigenvalue weighted by atomic mass is 10.1. The van der Waals surface area contributed by atoms with Gasteiger partial charge >= 0.3 is 6.61 Å². The summed E-state index contributed by atoms with van der Waals surface area (Å²) in [6.45, 7) is -0.491. The normalized spacial score (nSPS) is 12.5. The highest BCUT2D eigenvalue weighted by atomic mass is 19.3. The van der Waals surface area contributed by atoms with Crippen molar-refractivity contribution >= 4 is 0 Å². The fourth-order valence-electron chi connectivity index (χ4n) is 2.08. The first-order chi connectivity index (χ1) is 10.1. The lowest BCUT2D eigenvalue weighted by molar-refractivity contribution is -0.0499. The monoisotopic (exact) mass is 298 g/mol. The molecule has 0 saturated carbocycles. The van der Waals surface area contributed by atoms with Gasteiger partial charge in [0.1, 0.15) is 17.5 Å². The number of rotatable bonds is 6. The number of nitrogens with zero attached hydrogens (tertiary/aromatic N) is 2. The topological polar surface area (TPSA) is 56.5 Å². The molecule has 1 aromatic carbocycles. The molecule has 5 nitrogen and oxygen atoms in total.